The second-order valence-corrected chi connectivity index (χ2v) is 6.26. The monoisotopic (exact) mass is 381 g/mol. The number of rotatable bonds is 7. The lowest BCUT2D eigenvalue weighted by Crippen LogP contribution is -2.30. The van der Waals surface area contributed by atoms with Crippen molar-refractivity contribution < 1.29 is 23.9 Å². The van der Waals surface area contributed by atoms with Crippen molar-refractivity contribution in [1.82, 2.24) is 4.90 Å². The minimum atomic E-state index is -0.500. The molecule has 0 spiro atoms. The number of benzene rings is 2. The Morgan fingerprint density at radius 2 is 1.82 bits per heavy atom. The number of amidine groups is 1. The average Bonchev–Trinajstić information content (AvgIpc) is 3.01. The summed E-state index contributed by atoms with van der Waals surface area (Å²) in [6.07, 6.45) is 0. The average molecular weight is 381 g/mol. The number of nitrogens with two attached hydrogens (primary N) is 1. The zero-order valence-corrected chi connectivity index (χ0v) is 15.2. The van der Waals surface area contributed by atoms with Gasteiger partial charge in [-0.15, -0.1) is 0 Å². The quantitative estimate of drug-likeness (QED) is 0.323. The fraction of sp³-hybridized carbons (Fsp3) is 0.200. The summed E-state index contributed by atoms with van der Waals surface area (Å²) >= 11 is 0. The largest absolute Gasteiger partial charge is 0.482 e. The Hall–Kier alpha value is -3.68. The number of nitrogens with one attached hydrogen (secondary N) is 1. The number of fused-ring (bicyclic) bond motifs is 1. The second kappa shape index (κ2) is 7.91. The number of methoxy groups -OCH3 is 1. The molecule has 3 rings (SSSR count). The molecule has 0 aromatic heterocycles. The van der Waals surface area contributed by atoms with Gasteiger partial charge in [0.1, 0.15) is 11.6 Å². The Bertz CT molecular complexity index is 953. The van der Waals surface area contributed by atoms with E-state index < -0.39 is 5.97 Å². The van der Waals surface area contributed by atoms with Gasteiger partial charge in [0.05, 0.1) is 13.7 Å². The van der Waals surface area contributed by atoms with Crippen LogP contribution in [0, 0.1) is 5.41 Å². The third-order valence-corrected chi connectivity index (χ3v) is 4.39. The summed E-state index contributed by atoms with van der Waals surface area (Å²) in [4.78, 5) is 37.6. The summed E-state index contributed by atoms with van der Waals surface area (Å²) < 4.78 is 9.73. The van der Waals surface area contributed by atoms with Crippen LogP contribution in [-0.4, -0.2) is 48.7 Å². The third kappa shape index (κ3) is 4.01. The van der Waals surface area contributed by atoms with E-state index >= 15 is 0 Å². The van der Waals surface area contributed by atoms with Gasteiger partial charge in [-0.2, -0.15) is 0 Å². The molecule has 28 heavy (non-hydrogen) atoms. The molecule has 1 aliphatic rings. The molecule has 8 heteroatoms. The molecule has 2 aromatic carbocycles. The molecule has 3 N–H and O–H groups in total. The molecule has 0 unspecified atom stereocenters. The van der Waals surface area contributed by atoms with Crippen molar-refractivity contribution in [3.05, 3.63) is 64.7 Å². The topological polar surface area (TPSA) is 123 Å². The van der Waals surface area contributed by atoms with Crippen LogP contribution in [0.25, 0.3) is 0 Å². The molecule has 1 heterocycles. The van der Waals surface area contributed by atoms with Crippen LogP contribution in [0.1, 0.15) is 31.8 Å². The van der Waals surface area contributed by atoms with Crippen LogP contribution in [0.3, 0.4) is 0 Å². The highest BCUT2D eigenvalue weighted by molar-refractivity contribution is 6.05. The summed E-state index contributed by atoms with van der Waals surface area (Å²) in [7, 11) is 1.27. The van der Waals surface area contributed by atoms with Crippen molar-refractivity contribution in [3.8, 4) is 5.75 Å². The zero-order valence-electron chi connectivity index (χ0n) is 15.2. The van der Waals surface area contributed by atoms with Crippen LogP contribution >= 0.6 is 0 Å². The summed E-state index contributed by atoms with van der Waals surface area (Å²) in [5.74, 6) is -0.577. The summed E-state index contributed by atoms with van der Waals surface area (Å²) in [6, 6.07) is 11.3. The van der Waals surface area contributed by atoms with E-state index in [0.717, 1.165) is 5.56 Å². The maximum atomic E-state index is 12.5. The highest BCUT2D eigenvalue weighted by Crippen LogP contribution is 2.24. The molecular formula is C20H19N3O5. The summed E-state index contributed by atoms with van der Waals surface area (Å²) in [5.41, 5.74) is 7.73. The first-order chi connectivity index (χ1) is 13.4. The van der Waals surface area contributed by atoms with Crippen molar-refractivity contribution in [3.63, 3.8) is 0 Å². The van der Waals surface area contributed by atoms with Crippen LogP contribution in [0.2, 0.25) is 0 Å². The van der Waals surface area contributed by atoms with E-state index in [9.17, 15) is 14.4 Å². The minimum Gasteiger partial charge on any atom is -0.482 e. The Kier molecular flexibility index (Phi) is 5.39. The Morgan fingerprint density at radius 1 is 1.14 bits per heavy atom. The number of ether oxygens (including phenoxy) is 2. The maximum absolute atomic E-state index is 12.5. The zero-order chi connectivity index (χ0) is 20.3. The number of Topliss-reactive ketones (excluding diaryl/α,β-unsaturated/α-hetero) is 1. The molecule has 0 radical (unpaired) electrons. The minimum absolute atomic E-state index is 0.0642. The van der Waals surface area contributed by atoms with Gasteiger partial charge in [0.25, 0.3) is 5.91 Å². The number of ketones is 1. The number of hydrogen-bond acceptors (Lipinski definition) is 6. The van der Waals surface area contributed by atoms with Gasteiger partial charge in [0.15, 0.2) is 12.4 Å². The number of esters is 1. The lowest BCUT2D eigenvalue weighted by molar-refractivity contribution is -0.142. The standard InChI is InChI=1S/C20H19N3O5/c1-27-18(25)11-28-15-5-2-12(3-6-15)17(24)10-23-9-14-8-13(19(21)22)4-7-16(14)20(23)26/h2-8H,9-11H2,1H3,(H3,21,22). The summed E-state index contributed by atoms with van der Waals surface area (Å²) in [6.45, 7) is 0.0131. The fourth-order valence-electron chi connectivity index (χ4n) is 2.88. The van der Waals surface area contributed by atoms with Gasteiger partial charge in [-0.1, -0.05) is 6.07 Å². The van der Waals surface area contributed by atoms with Gasteiger partial charge in [-0.05, 0) is 42.0 Å². The van der Waals surface area contributed by atoms with E-state index in [-0.39, 0.29) is 30.7 Å². The van der Waals surface area contributed by atoms with Gasteiger partial charge in [0.2, 0.25) is 0 Å². The van der Waals surface area contributed by atoms with Crippen LogP contribution in [-0.2, 0) is 16.1 Å². The molecule has 0 fully saturated rings. The number of nitrogens with zero attached hydrogens (tertiary/aromatic N) is 1. The van der Waals surface area contributed by atoms with E-state index in [1.807, 2.05) is 0 Å². The number of hydrogen-bond donors (Lipinski definition) is 2. The highest BCUT2D eigenvalue weighted by atomic mass is 16.6. The van der Waals surface area contributed by atoms with Crippen LogP contribution in [0.5, 0.6) is 5.75 Å². The van der Waals surface area contributed by atoms with Gasteiger partial charge >= 0.3 is 5.97 Å². The Morgan fingerprint density at radius 3 is 2.46 bits per heavy atom. The van der Waals surface area contributed by atoms with Crippen molar-refractivity contribution in [1.29, 1.82) is 5.41 Å². The number of carbonyl (C=O) groups is 3. The highest BCUT2D eigenvalue weighted by Gasteiger charge is 2.29. The molecule has 0 atom stereocenters. The summed E-state index contributed by atoms with van der Waals surface area (Å²) in [5, 5.41) is 7.49. The van der Waals surface area contributed by atoms with E-state index in [4.69, 9.17) is 15.9 Å². The molecule has 0 saturated heterocycles. The van der Waals surface area contributed by atoms with Crippen LogP contribution < -0.4 is 10.5 Å². The normalized spacial score (nSPS) is 12.5. The van der Waals surface area contributed by atoms with E-state index in [1.165, 1.54) is 12.0 Å². The molecule has 0 bridgehead atoms. The predicted octanol–water partition coefficient (Wildman–Crippen LogP) is 1.36. The lowest BCUT2D eigenvalue weighted by atomic mass is 10.1. The van der Waals surface area contributed by atoms with Crippen molar-refractivity contribution in [2.24, 2.45) is 5.73 Å². The van der Waals surface area contributed by atoms with E-state index in [2.05, 4.69) is 4.74 Å². The van der Waals surface area contributed by atoms with Gasteiger partial charge in [0, 0.05) is 23.2 Å². The van der Waals surface area contributed by atoms with E-state index in [0.29, 0.717) is 29.0 Å². The first kappa shape index (κ1) is 19.1. The van der Waals surface area contributed by atoms with Crippen molar-refractivity contribution >= 4 is 23.5 Å². The van der Waals surface area contributed by atoms with Crippen LogP contribution in [0.15, 0.2) is 42.5 Å². The number of carbonyl (C=O) groups excluding carboxylic acids is 3. The number of amides is 1. The van der Waals surface area contributed by atoms with Gasteiger partial charge < -0.3 is 20.1 Å². The maximum Gasteiger partial charge on any atom is 0.343 e. The lowest BCUT2D eigenvalue weighted by Gasteiger charge is -2.14. The molecule has 0 aliphatic carbocycles. The molecule has 2 aromatic rings. The molecule has 1 aliphatic heterocycles. The first-order valence-electron chi connectivity index (χ1n) is 8.48. The smallest absolute Gasteiger partial charge is 0.343 e. The molecule has 144 valence electrons. The molecule has 0 saturated carbocycles. The molecular weight excluding hydrogens is 362 g/mol. The van der Waals surface area contributed by atoms with Crippen LogP contribution in [0.4, 0.5) is 0 Å². The SMILES string of the molecule is COC(=O)COc1ccc(C(=O)CN2Cc3cc(C(=N)N)ccc3C2=O)cc1. The number of nitrogen functional groups attached to an aromatic ring is 1. The van der Waals surface area contributed by atoms with Gasteiger partial charge in [-0.3, -0.25) is 15.0 Å². The first-order valence-corrected chi connectivity index (χ1v) is 8.48. The fourth-order valence-corrected chi connectivity index (χ4v) is 2.88. The van der Waals surface area contributed by atoms with Gasteiger partial charge in [-0.25, -0.2) is 4.79 Å². The molecule has 1 amide bonds. The Balaban J connectivity index is 1.64. The van der Waals surface area contributed by atoms with Crippen molar-refractivity contribution in [2.45, 2.75) is 6.54 Å². The van der Waals surface area contributed by atoms with E-state index in [1.54, 1.807) is 42.5 Å². The molecule has 8 nitrogen and oxygen atoms in total. The second-order valence-electron chi connectivity index (χ2n) is 6.26. The van der Waals surface area contributed by atoms with Crippen molar-refractivity contribution in [2.75, 3.05) is 20.3 Å². The third-order valence-electron chi connectivity index (χ3n) is 4.39. The Labute approximate surface area is 161 Å². The predicted molar refractivity (Wildman–Crippen MR) is 100 cm³/mol.